The summed E-state index contributed by atoms with van der Waals surface area (Å²) < 4.78 is 5.22. The van der Waals surface area contributed by atoms with Crippen LogP contribution in [0.4, 0.5) is 5.00 Å². The Kier molecular flexibility index (Phi) is 4.56. The molecule has 0 amide bonds. The number of nitriles is 1. The highest BCUT2D eigenvalue weighted by atomic mass is 32.1. The van der Waals surface area contributed by atoms with E-state index in [4.69, 9.17) is 4.74 Å². The molecule has 2 aromatic heterocycles. The first kappa shape index (κ1) is 17.5. The number of aromatic nitrogens is 2. The summed E-state index contributed by atoms with van der Waals surface area (Å²) in [5, 5.41) is 20.2. The third-order valence-corrected chi connectivity index (χ3v) is 6.18. The second kappa shape index (κ2) is 7.02. The summed E-state index contributed by atoms with van der Waals surface area (Å²) in [6.07, 6.45) is 2.30. The molecule has 3 heterocycles. The number of aromatic amines is 1. The molecule has 138 valence electrons. The molecule has 1 aromatic carbocycles. The van der Waals surface area contributed by atoms with E-state index in [1.807, 2.05) is 6.07 Å². The molecule has 0 spiro atoms. The summed E-state index contributed by atoms with van der Waals surface area (Å²) >= 11 is 1.49. The van der Waals surface area contributed by atoms with Gasteiger partial charge >= 0.3 is 0 Å². The average molecular weight is 382 g/mol. The second-order valence-corrected chi connectivity index (χ2v) is 7.50. The van der Waals surface area contributed by atoms with Crippen LogP contribution in [0.25, 0.3) is 21.3 Å². The molecule has 1 atom stereocenters. The van der Waals surface area contributed by atoms with Crippen LogP contribution in [0.3, 0.4) is 0 Å². The van der Waals surface area contributed by atoms with E-state index in [9.17, 15) is 15.2 Å². The van der Waals surface area contributed by atoms with Crippen LogP contribution in [-0.4, -0.2) is 41.9 Å². The Morgan fingerprint density at radius 2 is 2.37 bits per heavy atom. The first-order valence-corrected chi connectivity index (χ1v) is 9.42. The summed E-state index contributed by atoms with van der Waals surface area (Å²) in [6, 6.07) is 7.53. The van der Waals surface area contributed by atoms with E-state index in [1.165, 1.54) is 24.8 Å². The number of fused-ring (bicyclic) bond motifs is 1. The number of ether oxygens (including phenoxy) is 1. The van der Waals surface area contributed by atoms with Crippen LogP contribution < -0.4 is 15.2 Å². The first-order chi connectivity index (χ1) is 13.2. The molecule has 1 aliphatic rings. The van der Waals surface area contributed by atoms with Gasteiger partial charge in [-0.3, -0.25) is 4.79 Å². The van der Waals surface area contributed by atoms with Crippen LogP contribution in [0.1, 0.15) is 12.0 Å². The van der Waals surface area contributed by atoms with Crippen molar-refractivity contribution in [3.8, 4) is 22.3 Å². The number of H-pyrrole nitrogens is 1. The monoisotopic (exact) mass is 382 g/mol. The fourth-order valence-corrected chi connectivity index (χ4v) is 4.76. The lowest BCUT2D eigenvalue weighted by atomic mass is 10.1. The van der Waals surface area contributed by atoms with Gasteiger partial charge < -0.3 is 19.7 Å². The van der Waals surface area contributed by atoms with Crippen LogP contribution in [0.2, 0.25) is 0 Å². The van der Waals surface area contributed by atoms with Gasteiger partial charge in [-0.25, -0.2) is 4.98 Å². The van der Waals surface area contributed by atoms with E-state index >= 15 is 0 Å². The molecule has 1 aliphatic heterocycles. The largest absolute Gasteiger partial charge is 0.495 e. The molecule has 0 bridgehead atoms. The van der Waals surface area contributed by atoms with Gasteiger partial charge in [0, 0.05) is 25.6 Å². The summed E-state index contributed by atoms with van der Waals surface area (Å²) in [4.78, 5) is 22.6. The number of aliphatic hydroxyl groups is 1. The number of nitrogens with one attached hydrogen (secondary N) is 1. The molecule has 1 fully saturated rings. The van der Waals surface area contributed by atoms with Crippen molar-refractivity contribution in [3.63, 3.8) is 0 Å². The number of nitrogens with zero attached hydrogens (tertiary/aromatic N) is 3. The number of thiophene rings is 1. The third kappa shape index (κ3) is 2.95. The summed E-state index contributed by atoms with van der Waals surface area (Å²) in [7, 11) is 1.53. The Morgan fingerprint density at radius 1 is 1.52 bits per heavy atom. The molecule has 7 nitrogen and oxygen atoms in total. The van der Waals surface area contributed by atoms with Crippen molar-refractivity contribution in [1.82, 2.24) is 9.97 Å². The summed E-state index contributed by atoms with van der Waals surface area (Å²) in [5.74, 6) is 0.728. The molecular weight excluding hydrogens is 364 g/mol. The van der Waals surface area contributed by atoms with Gasteiger partial charge in [0.05, 0.1) is 29.4 Å². The average Bonchev–Trinajstić information content (AvgIpc) is 3.32. The number of hydrogen-bond acceptors (Lipinski definition) is 7. The van der Waals surface area contributed by atoms with Gasteiger partial charge in [-0.2, -0.15) is 5.26 Å². The lowest BCUT2D eigenvalue weighted by Gasteiger charge is -2.16. The van der Waals surface area contributed by atoms with Gasteiger partial charge in [-0.1, -0.05) is 0 Å². The van der Waals surface area contributed by atoms with Crippen LogP contribution in [0, 0.1) is 17.2 Å². The quantitative estimate of drug-likeness (QED) is 0.718. The molecule has 3 aromatic rings. The minimum atomic E-state index is -0.182. The van der Waals surface area contributed by atoms with Crippen molar-refractivity contribution >= 4 is 27.2 Å². The Labute approximate surface area is 159 Å². The molecule has 0 radical (unpaired) electrons. The van der Waals surface area contributed by atoms with Crippen LogP contribution in [0.15, 0.2) is 29.3 Å². The zero-order valence-corrected chi connectivity index (χ0v) is 15.5. The van der Waals surface area contributed by atoms with Crippen LogP contribution in [0.5, 0.6) is 5.75 Å². The molecule has 0 aliphatic carbocycles. The lowest BCUT2D eigenvalue weighted by Crippen LogP contribution is -2.21. The van der Waals surface area contributed by atoms with E-state index in [1.54, 1.807) is 12.1 Å². The molecule has 1 saturated heterocycles. The van der Waals surface area contributed by atoms with E-state index < -0.39 is 0 Å². The lowest BCUT2D eigenvalue weighted by molar-refractivity contribution is 0.239. The van der Waals surface area contributed by atoms with Gasteiger partial charge in [0.1, 0.15) is 22.2 Å². The molecule has 0 saturated carbocycles. The van der Waals surface area contributed by atoms with Gasteiger partial charge in [-0.05, 0) is 30.2 Å². The van der Waals surface area contributed by atoms with Gasteiger partial charge in [-0.15, -0.1) is 11.3 Å². The fraction of sp³-hybridized carbons (Fsp3) is 0.316. The summed E-state index contributed by atoms with van der Waals surface area (Å²) in [5.41, 5.74) is 1.70. The maximum absolute atomic E-state index is 12.5. The van der Waals surface area contributed by atoms with Crippen molar-refractivity contribution in [2.24, 2.45) is 5.92 Å². The maximum Gasteiger partial charge on any atom is 0.261 e. The highest BCUT2D eigenvalue weighted by Gasteiger charge is 2.27. The molecule has 2 N–H and O–H groups in total. The first-order valence-electron chi connectivity index (χ1n) is 8.60. The number of methoxy groups -OCH3 is 1. The Bertz CT molecular complexity index is 1100. The van der Waals surface area contributed by atoms with E-state index in [0.717, 1.165) is 28.4 Å². The van der Waals surface area contributed by atoms with Crippen molar-refractivity contribution in [2.45, 2.75) is 6.42 Å². The minimum absolute atomic E-state index is 0.144. The number of aliphatic hydroxyl groups excluding tert-OH is 1. The normalized spacial score (nSPS) is 16.6. The van der Waals surface area contributed by atoms with Crippen molar-refractivity contribution in [3.05, 3.63) is 40.4 Å². The SMILES string of the molecule is COc1ccc(-c2sc(N3CC[C@H](CO)C3)c3c(=O)[nH]cnc23)cc1C#N. The molecule has 0 unspecified atom stereocenters. The van der Waals surface area contributed by atoms with E-state index in [-0.39, 0.29) is 18.1 Å². The van der Waals surface area contributed by atoms with Crippen molar-refractivity contribution in [2.75, 3.05) is 31.7 Å². The van der Waals surface area contributed by atoms with Gasteiger partial charge in [0.15, 0.2) is 0 Å². The van der Waals surface area contributed by atoms with Crippen molar-refractivity contribution in [1.29, 1.82) is 5.26 Å². The number of anilines is 1. The van der Waals surface area contributed by atoms with Gasteiger partial charge in [0.25, 0.3) is 5.56 Å². The zero-order valence-electron chi connectivity index (χ0n) is 14.7. The number of rotatable bonds is 4. The second-order valence-electron chi connectivity index (χ2n) is 6.50. The standard InChI is InChI=1S/C19H18N4O3S/c1-26-14-3-2-12(6-13(14)7-20)17-16-15(18(25)22-10-21-16)19(27-17)23-5-4-11(8-23)9-24/h2-3,6,10-11,24H,4-5,8-9H2,1H3,(H,21,22,25)/t11-/m0/s1. The topological polar surface area (TPSA) is 102 Å². The fourth-order valence-electron chi connectivity index (χ4n) is 3.49. The molecular formula is C19H18N4O3S. The zero-order chi connectivity index (χ0) is 19.0. The summed E-state index contributed by atoms with van der Waals surface area (Å²) in [6.45, 7) is 1.65. The Hall–Kier alpha value is -2.89. The molecule has 27 heavy (non-hydrogen) atoms. The van der Waals surface area contributed by atoms with Crippen molar-refractivity contribution < 1.29 is 9.84 Å². The molecule has 8 heteroatoms. The minimum Gasteiger partial charge on any atom is -0.495 e. The number of benzene rings is 1. The predicted octanol–water partition coefficient (Wildman–Crippen LogP) is 2.35. The number of hydrogen-bond donors (Lipinski definition) is 2. The van der Waals surface area contributed by atoms with E-state index in [0.29, 0.717) is 28.8 Å². The highest BCUT2D eigenvalue weighted by Crippen LogP contribution is 2.43. The van der Waals surface area contributed by atoms with Gasteiger partial charge in [0.2, 0.25) is 0 Å². The smallest absolute Gasteiger partial charge is 0.261 e. The highest BCUT2D eigenvalue weighted by molar-refractivity contribution is 7.21. The van der Waals surface area contributed by atoms with E-state index in [2.05, 4.69) is 20.9 Å². The Balaban J connectivity index is 1.89. The maximum atomic E-state index is 12.5. The molecule has 4 rings (SSSR count). The third-order valence-electron chi connectivity index (χ3n) is 4.89. The predicted molar refractivity (Wildman–Crippen MR) is 104 cm³/mol. The Morgan fingerprint density at radius 3 is 3.07 bits per heavy atom. The van der Waals surface area contributed by atoms with Crippen LogP contribution >= 0.6 is 11.3 Å². The van der Waals surface area contributed by atoms with Crippen LogP contribution in [-0.2, 0) is 0 Å².